The zero-order valence-electron chi connectivity index (χ0n) is 19.9. The van der Waals surface area contributed by atoms with E-state index in [-0.39, 0.29) is 23.8 Å². The molecule has 0 radical (unpaired) electrons. The average Bonchev–Trinajstić information content (AvgIpc) is 2.83. The summed E-state index contributed by atoms with van der Waals surface area (Å²) in [5, 5.41) is 3.63. The lowest BCUT2D eigenvalue weighted by atomic mass is 9.95. The molecular formula is C26H34ClN3O3. The van der Waals surface area contributed by atoms with E-state index < -0.39 is 0 Å². The Morgan fingerprint density at radius 3 is 2.39 bits per heavy atom. The van der Waals surface area contributed by atoms with Crippen LogP contribution >= 0.6 is 11.6 Å². The number of halogens is 1. The maximum absolute atomic E-state index is 13.0. The number of hydrogen-bond acceptors (Lipinski definition) is 4. The molecule has 33 heavy (non-hydrogen) atoms. The second-order valence-electron chi connectivity index (χ2n) is 8.73. The molecule has 0 aliphatic carbocycles. The molecule has 1 atom stereocenters. The molecule has 1 unspecified atom stereocenters. The predicted octanol–water partition coefficient (Wildman–Crippen LogP) is 4.18. The molecule has 1 fully saturated rings. The molecule has 1 aliphatic rings. The van der Waals surface area contributed by atoms with Crippen molar-refractivity contribution in [3.05, 3.63) is 64.2 Å². The van der Waals surface area contributed by atoms with Crippen molar-refractivity contribution in [3.63, 3.8) is 0 Å². The standard InChI is InChI=1S/C26H34ClN3O3/c1-5-18-6-8-19(9-7-18)23(29(2)3)17-28-25(31)20-12-14-30(15-13-20)26(32)22-16-21(27)10-11-24(22)33-4/h6-11,16,20,23H,5,12-15,17H2,1-4H3,(H,28,31). The summed E-state index contributed by atoms with van der Waals surface area (Å²) in [5.41, 5.74) is 2.95. The van der Waals surface area contributed by atoms with Crippen molar-refractivity contribution in [2.24, 2.45) is 5.92 Å². The molecule has 0 saturated carbocycles. The van der Waals surface area contributed by atoms with Gasteiger partial charge in [0.15, 0.2) is 0 Å². The number of carbonyl (C=O) groups is 2. The normalized spacial score (nSPS) is 15.4. The molecule has 0 spiro atoms. The van der Waals surface area contributed by atoms with E-state index in [9.17, 15) is 9.59 Å². The molecule has 6 nitrogen and oxygen atoms in total. The number of piperidine rings is 1. The maximum Gasteiger partial charge on any atom is 0.257 e. The van der Waals surface area contributed by atoms with E-state index in [0.29, 0.717) is 48.8 Å². The van der Waals surface area contributed by atoms with Gasteiger partial charge in [-0.15, -0.1) is 0 Å². The number of nitrogens with one attached hydrogen (secondary N) is 1. The topological polar surface area (TPSA) is 61.9 Å². The summed E-state index contributed by atoms with van der Waals surface area (Å²) < 4.78 is 5.32. The number of likely N-dealkylation sites (N-methyl/N-ethyl adjacent to an activating group) is 1. The Balaban J connectivity index is 1.55. The van der Waals surface area contributed by atoms with Crippen LogP contribution in [0.1, 0.15) is 47.3 Å². The Morgan fingerprint density at radius 2 is 1.82 bits per heavy atom. The number of carbonyl (C=O) groups excluding carboxylic acids is 2. The highest BCUT2D eigenvalue weighted by Crippen LogP contribution is 2.27. The minimum Gasteiger partial charge on any atom is -0.496 e. The van der Waals surface area contributed by atoms with Crippen molar-refractivity contribution < 1.29 is 14.3 Å². The van der Waals surface area contributed by atoms with Crippen molar-refractivity contribution in [1.82, 2.24) is 15.1 Å². The largest absolute Gasteiger partial charge is 0.496 e. The van der Waals surface area contributed by atoms with Crippen molar-refractivity contribution in [1.29, 1.82) is 0 Å². The molecule has 2 aromatic rings. The van der Waals surface area contributed by atoms with Gasteiger partial charge >= 0.3 is 0 Å². The first-order chi connectivity index (χ1) is 15.8. The molecule has 0 aromatic heterocycles. The van der Waals surface area contributed by atoms with E-state index in [1.807, 2.05) is 14.1 Å². The highest BCUT2D eigenvalue weighted by molar-refractivity contribution is 6.31. The molecule has 3 rings (SSSR count). The van der Waals surface area contributed by atoms with Crippen LogP contribution in [0.15, 0.2) is 42.5 Å². The third kappa shape index (κ3) is 6.27. The molecule has 0 bridgehead atoms. The predicted molar refractivity (Wildman–Crippen MR) is 132 cm³/mol. The van der Waals surface area contributed by atoms with Gasteiger partial charge in [0.1, 0.15) is 5.75 Å². The zero-order chi connectivity index (χ0) is 24.0. The quantitative estimate of drug-likeness (QED) is 0.627. The summed E-state index contributed by atoms with van der Waals surface area (Å²) in [6.45, 7) is 3.75. The number of ether oxygens (including phenoxy) is 1. The molecule has 2 aromatic carbocycles. The van der Waals surface area contributed by atoms with Gasteiger partial charge in [0.05, 0.1) is 18.7 Å². The van der Waals surface area contributed by atoms with Gasteiger partial charge in [0.25, 0.3) is 5.91 Å². The van der Waals surface area contributed by atoms with E-state index >= 15 is 0 Å². The maximum atomic E-state index is 13.0. The molecule has 1 N–H and O–H groups in total. The summed E-state index contributed by atoms with van der Waals surface area (Å²) in [4.78, 5) is 29.8. The number of nitrogens with zero attached hydrogens (tertiary/aromatic N) is 2. The van der Waals surface area contributed by atoms with E-state index in [1.165, 1.54) is 18.2 Å². The lowest BCUT2D eigenvalue weighted by Gasteiger charge is -2.32. The van der Waals surface area contributed by atoms with Gasteiger partial charge in [-0.3, -0.25) is 9.59 Å². The van der Waals surface area contributed by atoms with Crippen molar-refractivity contribution >= 4 is 23.4 Å². The molecule has 7 heteroatoms. The first-order valence-corrected chi connectivity index (χ1v) is 11.9. The van der Waals surface area contributed by atoms with Crippen molar-refractivity contribution in [2.45, 2.75) is 32.2 Å². The Labute approximate surface area is 201 Å². The summed E-state index contributed by atoms with van der Waals surface area (Å²) >= 11 is 6.08. The molecule has 2 amide bonds. The second-order valence-corrected chi connectivity index (χ2v) is 9.17. The van der Waals surface area contributed by atoms with E-state index in [1.54, 1.807) is 23.1 Å². The Bertz CT molecular complexity index is 954. The fraction of sp³-hybridized carbons (Fsp3) is 0.462. The fourth-order valence-corrected chi connectivity index (χ4v) is 4.45. The van der Waals surface area contributed by atoms with E-state index in [0.717, 1.165) is 6.42 Å². The second kappa shape index (κ2) is 11.5. The monoisotopic (exact) mass is 471 g/mol. The number of aryl methyl sites for hydroxylation is 1. The van der Waals surface area contributed by atoms with Crippen molar-refractivity contribution in [3.8, 4) is 5.75 Å². The SMILES string of the molecule is CCc1ccc(C(CNC(=O)C2CCN(C(=O)c3cc(Cl)ccc3OC)CC2)N(C)C)cc1. The summed E-state index contributed by atoms with van der Waals surface area (Å²) in [6, 6.07) is 13.7. The van der Waals surface area contributed by atoms with Crippen molar-refractivity contribution in [2.75, 3.05) is 40.8 Å². The van der Waals surface area contributed by atoms with Crippen LogP contribution in [0.25, 0.3) is 0 Å². The van der Waals surface area contributed by atoms with E-state index in [4.69, 9.17) is 16.3 Å². The van der Waals surface area contributed by atoms with Gasteiger partial charge in [0, 0.05) is 30.6 Å². The number of amides is 2. The van der Waals surface area contributed by atoms with Crippen LogP contribution in [0.2, 0.25) is 5.02 Å². The highest BCUT2D eigenvalue weighted by Gasteiger charge is 2.29. The lowest BCUT2D eigenvalue weighted by Crippen LogP contribution is -2.44. The smallest absolute Gasteiger partial charge is 0.257 e. The zero-order valence-corrected chi connectivity index (χ0v) is 20.7. The molecular weight excluding hydrogens is 438 g/mol. The summed E-state index contributed by atoms with van der Waals surface area (Å²) in [7, 11) is 5.59. The Hall–Kier alpha value is -2.57. The molecule has 1 aliphatic heterocycles. The highest BCUT2D eigenvalue weighted by atomic mass is 35.5. The van der Waals surface area contributed by atoms with Gasteiger partial charge < -0.3 is 19.9 Å². The van der Waals surface area contributed by atoms with Gasteiger partial charge in [0.2, 0.25) is 5.91 Å². The molecule has 178 valence electrons. The van der Waals surface area contributed by atoms with Gasteiger partial charge in [-0.2, -0.15) is 0 Å². The first-order valence-electron chi connectivity index (χ1n) is 11.5. The van der Waals surface area contributed by atoms with Crippen LogP contribution in [0.3, 0.4) is 0 Å². The minimum atomic E-state index is -0.114. The summed E-state index contributed by atoms with van der Waals surface area (Å²) in [5.74, 6) is 0.349. The number of rotatable bonds is 8. The number of likely N-dealkylation sites (tertiary alicyclic amines) is 1. The van der Waals surface area contributed by atoms with Gasteiger partial charge in [-0.25, -0.2) is 0 Å². The van der Waals surface area contributed by atoms with Crippen LogP contribution in [-0.2, 0) is 11.2 Å². The van der Waals surface area contributed by atoms with Crippen LogP contribution in [0.4, 0.5) is 0 Å². The Kier molecular flexibility index (Phi) is 8.75. The number of benzene rings is 2. The van der Waals surface area contributed by atoms with Gasteiger partial charge in [-0.1, -0.05) is 42.8 Å². The fourth-order valence-electron chi connectivity index (χ4n) is 4.28. The van der Waals surface area contributed by atoms with Crippen LogP contribution in [-0.4, -0.2) is 62.5 Å². The number of methoxy groups -OCH3 is 1. The molecule has 1 saturated heterocycles. The number of hydrogen-bond donors (Lipinski definition) is 1. The minimum absolute atomic E-state index is 0.0551. The van der Waals surface area contributed by atoms with Gasteiger partial charge in [-0.05, 0) is 62.7 Å². The third-order valence-electron chi connectivity index (χ3n) is 6.41. The Morgan fingerprint density at radius 1 is 1.15 bits per heavy atom. The van der Waals surface area contributed by atoms with Crippen LogP contribution < -0.4 is 10.1 Å². The van der Waals surface area contributed by atoms with Crippen LogP contribution in [0.5, 0.6) is 5.75 Å². The summed E-state index contributed by atoms with van der Waals surface area (Å²) in [6.07, 6.45) is 2.28. The first kappa shape index (κ1) is 25.1. The van der Waals surface area contributed by atoms with E-state index in [2.05, 4.69) is 41.4 Å². The third-order valence-corrected chi connectivity index (χ3v) is 6.65. The molecule has 1 heterocycles. The average molecular weight is 472 g/mol. The van der Waals surface area contributed by atoms with Crippen LogP contribution in [0, 0.1) is 5.92 Å². The lowest BCUT2D eigenvalue weighted by molar-refractivity contribution is -0.126.